The molecule has 0 aromatic heterocycles. The number of carbonyl (C=O) groups is 1. The SMILES string of the molecule is Cc1ccc(OC(=O)c2ccc(-c3ccc(-c4ccccc4)c(F)c3F)cc2)cc1F. The number of halogens is 3. The van der Waals surface area contributed by atoms with Gasteiger partial charge in [-0.3, -0.25) is 0 Å². The van der Waals surface area contributed by atoms with Gasteiger partial charge in [0.1, 0.15) is 11.6 Å². The lowest BCUT2D eigenvalue weighted by Crippen LogP contribution is -2.08. The normalized spacial score (nSPS) is 10.7. The number of hydrogen-bond donors (Lipinski definition) is 0. The van der Waals surface area contributed by atoms with E-state index in [0.717, 1.165) is 6.07 Å². The third-order valence-corrected chi connectivity index (χ3v) is 4.95. The number of aryl methyl sites for hydroxylation is 1. The highest BCUT2D eigenvalue weighted by molar-refractivity contribution is 5.91. The third kappa shape index (κ3) is 4.21. The molecule has 0 radical (unpaired) electrons. The van der Waals surface area contributed by atoms with Crippen molar-refractivity contribution >= 4 is 5.97 Å². The molecule has 2 nitrogen and oxygen atoms in total. The van der Waals surface area contributed by atoms with Crippen LogP contribution < -0.4 is 4.74 Å². The highest BCUT2D eigenvalue weighted by Crippen LogP contribution is 2.31. The van der Waals surface area contributed by atoms with Crippen LogP contribution in [0.5, 0.6) is 5.75 Å². The van der Waals surface area contributed by atoms with Crippen molar-refractivity contribution in [2.24, 2.45) is 0 Å². The Hall–Kier alpha value is -3.86. The van der Waals surface area contributed by atoms with Gasteiger partial charge in [-0.25, -0.2) is 18.0 Å². The van der Waals surface area contributed by atoms with Gasteiger partial charge in [-0.15, -0.1) is 0 Å². The Labute approximate surface area is 177 Å². The van der Waals surface area contributed by atoms with Gasteiger partial charge in [0.25, 0.3) is 0 Å². The Morgan fingerprint density at radius 3 is 1.87 bits per heavy atom. The predicted octanol–water partition coefficient (Wildman–Crippen LogP) is 6.97. The molecule has 0 aliphatic heterocycles. The van der Waals surface area contributed by atoms with E-state index in [2.05, 4.69) is 0 Å². The van der Waals surface area contributed by atoms with Crippen LogP contribution in [0.25, 0.3) is 22.3 Å². The Bertz CT molecular complexity index is 1250. The summed E-state index contributed by atoms with van der Waals surface area (Å²) >= 11 is 0. The zero-order valence-corrected chi connectivity index (χ0v) is 16.5. The Morgan fingerprint density at radius 2 is 1.29 bits per heavy atom. The second-order valence-corrected chi connectivity index (χ2v) is 7.03. The Balaban J connectivity index is 1.57. The molecule has 31 heavy (non-hydrogen) atoms. The molecule has 0 aliphatic carbocycles. The summed E-state index contributed by atoms with van der Waals surface area (Å²) in [6.07, 6.45) is 0. The molecular formula is C26H17F3O2. The molecule has 0 fully saturated rings. The molecule has 0 amide bonds. The number of hydrogen-bond acceptors (Lipinski definition) is 2. The van der Waals surface area contributed by atoms with E-state index >= 15 is 0 Å². The topological polar surface area (TPSA) is 26.3 Å². The molecular weight excluding hydrogens is 401 g/mol. The average Bonchev–Trinajstić information content (AvgIpc) is 2.79. The lowest BCUT2D eigenvalue weighted by atomic mass is 9.98. The van der Waals surface area contributed by atoms with Gasteiger partial charge in [-0.05, 0) is 41.8 Å². The van der Waals surface area contributed by atoms with E-state index in [-0.39, 0.29) is 22.4 Å². The summed E-state index contributed by atoms with van der Waals surface area (Å²) in [6, 6.07) is 21.8. The molecule has 0 saturated carbocycles. The smallest absolute Gasteiger partial charge is 0.343 e. The van der Waals surface area contributed by atoms with Crippen LogP contribution in [0.2, 0.25) is 0 Å². The largest absolute Gasteiger partial charge is 0.423 e. The maximum absolute atomic E-state index is 14.7. The molecule has 0 bridgehead atoms. The van der Waals surface area contributed by atoms with E-state index in [1.54, 1.807) is 37.3 Å². The highest BCUT2D eigenvalue weighted by Gasteiger charge is 2.17. The summed E-state index contributed by atoms with van der Waals surface area (Å²) in [5.41, 5.74) is 1.89. The molecule has 0 spiro atoms. The molecule has 154 valence electrons. The van der Waals surface area contributed by atoms with Crippen molar-refractivity contribution in [2.45, 2.75) is 6.92 Å². The molecule has 5 heteroatoms. The van der Waals surface area contributed by atoms with Crippen molar-refractivity contribution < 1.29 is 22.7 Å². The summed E-state index contributed by atoms with van der Waals surface area (Å²) in [5.74, 6) is -2.97. The summed E-state index contributed by atoms with van der Waals surface area (Å²) in [4.78, 5) is 12.3. The molecule has 4 aromatic rings. The first kappa shape index (κ1) is 20.4. The lowest BCUT2D eigenvalue weighted by molar-refractivity contribution is 0.0734. The van der Waals surface area contributed by atoms with Crippen molar-refractivity contribution in [1.82, 2.24) is 0 Å². The van der Waals surface area contributed by atoms with Crippen molar-refractivity contribution in [1.29, 1.82) is 0 Å². The van der Waals surface area contributed by atoms with E-state index in [4.69, 9.17) is 4.74 Å². The van der Waals surface area contributed by atoms with Gasteiger partial charge in [-0.2, -0.15) is 0 Å². The van der Waals surface area contributed by atoms with Gasteiger partial charge in [0, 0.05) is 17.2 Å². The van der Waals surface area contributed by atoms with Gasteiger partial charge in [0.05, 0.1) is 5.56 Å². The number of benzene rings is 4. The fourth-order valence-electron chi connectivity index (χ4n) is 3.20. The molecule has 4 rings (SSSR count). The van der Waals surface area contributed by atoms with Gasteiger partial charge in [-0.1, -0.05) is 60.7 Å². The maximum Gasteiger partial charge on any atom is 0.343 e. The second kappa shape index (κ2) is 8.48. The van der Waals surface area contributed by atoms with E-state index in [1.165, 1.54) is 48.5 Å². The lowest BCUT2D eigenvalue weighted by Gasteiger charge is -2.10. The highest BCUT2D eigenvalue weighted by atomic mass is 19.2. The van der Waals surface area contributed by atoms with Crippen molar-refractivity contribution in [3.63, 3.8) is 0 Å². The van der Waals surface area contributed by atoms with Gasteiger partial charge >= 0.3 is 5.97 Å². The number of rotatable bonds is 4. The first-order valence-corrected chi connectivity index (χ1v) is 9.56. The minimum atomic E-state index is -0.966. The van der Waals surface area contributed by atoms with E-state index in [1.807, 2.05) is 0 Å². The minimum Gasteiger partial charge on any atom is -0.423 e. The minimum absolute atomic E-state index is 0.0812. The van der Waals surface area contributed by atoms with E-state index in [0.29, 0.717) is 16.7 Å². The van der Waals surface area contributed by atoms with Gasteiger partial charge in [0.15, 0.2) is 11.6 Å². The molecule has 0 heterocycles. The zero-order chi connectivity index (χ0) is 22.0. The van der Waals surface area contributed by atoms with Gasteiger partial charge < -0.3 is 4.74 Å². The molecule has 4 aromatic carbocycles. The van der Waals surface area contributed by atoms with Crippen molar-refractivity contribution in [2.75, 3.05) is 0 Å². The summed E-state index contributed by atoms with van der Waals surface area (Å²) in [6.45, 7) is 1.61. The zero-order valence-electron chi connectivity index (χ0n) is 16.5. The van der Waals surface area contributed by atoms with Crippen LogP contribution in [0.3, 0.4) is 0 Å². The summed E-state index contributed by atoms with van der Waals surface area (Å²) < 4.78 is 48.2. The summed E-state index contributed by atoms with van der Waals surface area (Å²) in [7, 11) is 0. The fraction of sp³-hybridized carbons (Fsp3) is 0.0385. The molecule has 0 saturated heterocycles. The third-order valence-electron chi connectivity index (χ3n) is 4.95. The predicted molar refractivity (Wildman–Crippen MR) is 113 cm³/mol. The van der Waals surface area contributed by atoms with Crippen LogP contribution in [0, 0.1) is 24.4 Å². The average molecular weight is 418 g/mol. The molecule has 0 N–H and O–H groups in total. The van der Waals surface area contributed by atoms with Crippen LogP contribution in [0.4, 0.5) is 13.2 Å². The van der Waals surface area contributed by atoms with E-state index < -0.39 is 23.4 Å². The van der Waals surface area contributed by atoms with Crippen LogP contribution in [-0.4, -0.2) is 5.97 Å². The molecule has 0 atom stereocenters. The number of ether oxygens (including phenoxy) is 1. The van der Waals surface area contributed by atoms with Gasteiger partial charge in [0.2, 0.25) is 0 Å². The maximum atomic E-state index is 14.7. The number of carbonyl (C=O) groups excluding carboxylic acids is 1. The van der Waals surface area contributed by atoms with Crippen molar-refractivity contribution in [3.8, 4) is 28.0 Å². The van der Waals surface area contributed by atoms with Crippen molar-refractivity contribution in [3.05, 3.63) is 114 Å². The van der Waals surface area contributed by atoms with Crippen LogP contribution in [-0.2, 0) is 0 Å². The Kier molecular flexibility index (Phi) is 5.58. The number of esters is 1. The quantitative estimate of drug-likeness (QED) is 0.264. The molecule has 0 unspecified atom stereocenters. The Morgan fingerprint density at radius 1 is 0.710 bits per heavy atom. The monoisotopic (exact) mass is 418 g/mol. The first-order valence-electron chi connectivity index (χ1n) is 9.56. The fourth-order valence-corrected chi connectivity index (χ4v) is 3.20. The van der Waals surface area contributed by atoms with E-state index in [9.17, 15) is 18.0 Å². The van der Waals surface area contributed by atoms with Crippen LogP contribution in [0.15, 0.2) is 84.9 Å². The van der Waals surface area contributed by atoms with Crippen LogP contribution >= 0.6 is 0 Å². The molecule has 0 aliphatic rings. The standard InChI is InChI=1S/C26H17F3O2/c1-16-7-12-20(15-23(16)27)31-26(30)19-10-8-18(9-11-19)22-14-13-21(24(28)25(22)29)17-5-3-2-4-6-17/h2-15H,1H3. The summed E-state index contributed by atoms with van der Waals surface area (Å²) in [5, 5.41) is 0. The second-order valence-electron chi connectivity index (χ2n) is 7.03. The first-order chi connectivity index (χ1) is 14.9. The van der Waals surface area contributed by atoms with Crippen LogP contribution in [0.1, 0.15) is 15.9 Å².